The highest BCUT2D eigenvalue weighted by atomic mass is 16.4. The molecule has 1 amide bonds. The molecule has 5 aromatic rings. The Morgan fingerprint density at radius 2 is 1.84 bits per heavy atom. The molecule has 154 valence electrons. The number of nitrogens with zero attached hydrogens (tertiary/aromatic N) is 3. The van der Waals surface area contributed by atoms with Crippen molar-refractivity contribution in [3.05, 3.63) is 82.9 Å². The number of carbonyl (C=O) groups is 1. The standard InChI is InChI=1S/C23H18N4O4/c1-14-16(7-8-22(28)26-27-12-24-25-13-27)23(29)31-21-10-20-18(9-17(14)21)19(11-30-20)15-5-3-2-4-6-15/h2-6,9-13H,7-8H2,1H3,(H,26,28). The summed E-state index contributed by atoms with van der Waals surface area (Å²) < 4.78 is 12.6. The normalized spacial score (nSPS) is 11.3. The lowest BCUT2D eigenvalue weighted by Crippen LogP contribution is -2.23. The maximum atomic E-state index is 12.6. The van der Waals surface area contributed by atoms with E-state index in [1.807, 2.05) is 43.3 Å². The van der Waals surface area contributed by atoms with E-state index >= 15 is 0 Å². The van der Waals surface area contributed by atoms with Crippen LogP contribution in [0.25, 0.3) is 33.1 Å². The van der Waals surface area contributed by atoms with Crippen LogP contribution in [0.5, 0.6) is 0 Å². The van der Waals surface area contributed by atoms with Gasteiger partial charge in [0.2, 0.25) is 5.91 Å². The van der Waals surface area contributed by atoms with E-state index in [1.54, 1.807) is 12.3 Å². The number of furan rings is 1. The molecule has 0 spiro atoms. The Morgan fingerprint density at radius 1 is 1.06 bits per heavy atom. The Kier molecular flexibility index (Phi) is 4.59. The average molecular weight is 414 g/mol. The zero-order valence-corrected chi connectivity index (χ0v) is 16.7. The molecule has 2 aromatic carbocycles. The highest BCUT2D eigenvalue weighted by Gasteiger charge is 2.16. The first-order chi connectivity index (χ1) is 15.1. The van der Waals surface area contributed by atoms with Crippen molar-refractivity contribution >= 4 is 27.8 Å². The molecular weight excluding hydrogens is 396 g/mol. The molecule has 0 bridgehead atoms. The van der Waals surface area contributed by atoms with Gasteiger partial charge < -0.3 is 8.83 Å². The van der Waals surface area contributed by atoms with Gasteiger partial charge in [0.05, 0.1) is 6.26 Å². The fourth-order valence-electron chi connectivity index (χ4n) is 3.74. The molecule has 5 rings (SSSR count). The Hall–Kier alpha value is -4.20. The molecule has 3 aromatic heterocycles. The molecule has 0 aliphatic heterocycles. The lowest BCUT2D eigenvalue weighted by atomic mass is 9.99. The molecule has 0 aliphatic carbocycles. The minimum absolute atomic E-state index is 0.124. The second kappa shape index (κ2) is 7.56. The summed E-state index contributed by atoms with van der Waals surface area (Å²) in [5.74, 6) is -0.254. The van der Waals surface area contributed by atoms with Crippen molar-refractivity contribution in [1.82, 2.24) is 14.9 Å². The third kappa shape index (κ3) is 3.48. The number of hydrogen-bond donors (Lipinski definition) is 1. The van der Waals surface area contributed by atoms with E-state index in [0.29, 0.717) is 16.7 Å². The number of nitrogens with one attached hydrogen (secondary N) is 1. The molecule has 3 heterocycles. The molecule has 0 fully saturated rings. The first kappa shape index (κ1) is 18.8. The number of aryl methyl sites for hydroxylation is 1. The minimum Gasteiger partial charge on any atom is -0.464 e. The highest BCUT2D eigenvalue weighted by Crippen LogP contribution is 2.34. The van der Waals surface area contributed by atoms with Crippen molar-refractivity contribution in [2.45, 2.75) is 19.8 Å². The van der Waals surface area contributed by atoms with E-state index in [4.69, 9.17) is 8.83 Å². The zero-order chi connectivity index (χ0) is 21.4. The number of hydrogen-bond acceptors (Lipinski definition) is 6. The lowest BCUT2D eigenvalue weighted by molar-refractivity contribution is -0.117. The second-order valence-electron chi connectivity index (χ2n) is 7.26. The van der Waals surface area contributed by atoms with Gasteiger partial charge in [-0.3, -0.25) is 10.2 Å². The summed E-state index contributed by atoms with van der Waals surface area (Å²) in [7, 11) is 0. The van der Waals surface area contributed by atoms with Crippen molar-refractivity contribution in [1.29, 1.82) is 0 Å². The van der Waals surface area contributed by atoms with Gasteiger partial charge in [0.15, 0.2) is 0 Å². The Bertz CT molecular complexity index is 1450. The maximum absolute atomic E-state index is 12.6. The van der Waals surface area contributed by atoms with Gasteiger partial charge in [-0.25, -0.2) is 9.47 Å². The molecule has 1 N–H and O–H groups in total. The van der Waals surface area contributed by atoms with E-state index in [2.05, 4.69) is 15.6 Å². The predicted octanol–water partition coefficient (Wildman–Crippen LogP) is 3.81. The fourth-order valence-corrected chi connectivity index (χ4v) is 3.74. The highest BCUT2D eigenvalue weighted by molar-refractivity contribution is 6.02. The van der Waals surface area contributed by atoms with Gasteiger partial charge in [-0.1, -0.05) is 30.3 Å². The molecule has 31 heavy (non-hydrogen) atoms. The van der Waals surface area contributed by atoms with Crippen LogP contribution in [0.3, 0.4) is 0 Å². The summed E-state index contributed by atoms with van der Waals surface area (Å²) in [6.45, 7) is 1.88. The smallest absolute Gasteiger partial charge is 0.339 e. The molecule has 0 saturated heterocycles. The molecule has 0 saturated carbocycles. The maximum Gasteiger partial charge on any atom is 0.339 e. The van der Waals surface area contributed by atoms with Crippen LogP contribution < -0.4 is 11.1 Å². The van der Waals surface area contributed by atoms with Gasteiger partial charge >= 0.3 is 5.63 Å². The first-order valence-corrected chi connectivity index (χ1v) is 9.77. The van der Waals surface area contributed by atoms with Crippen LogP contribution in [-0.4, -0.2) is 20.8 Å². The fraction of sp³-hybridized carbons (Fsp3) is 0.130. The van der Waals surface area contributed by atoms with Crippen LogP contribution in [0.1, 0.15) is 17.5 Å². The van der Waals surface area contributed by atoms with E-state index < -0.39 is 5.63 Å². The SMILES string of the molecule is Cc1c(CCC(=O)Nn2cnnc2)c(=O)oc2cc3occ(-c4ccccc4)c3cc12. The summed E-state index contributed by atoms with van der Waals surface area (Å²) in [6.07, 6.45) is 4.86. The van der Waals surface area contributed by atoms with E-state index in [0.717, 1.165) is 27.5 Å². The summed E-state index contributed by atoms with van der Waals surface area (Å²) in [5, 5.41) is 9.02. The van der Waals surface area contributed by atoms with Crippen molar-refractivity contribution in [2.24, 2.45) is 0 Å². The minimum atomic E-state index is -0.448. The monoisotopic (exact) mass is 414 g/mol. The van der Waals surface area contributed by atoms with E-state index in [-0.39, 0.29) is 18.7 Å². The molecule has 0 atom stereocenters. The third-order valence-electron chi connectivity index (χ3n) is 5.34. The van der Waals surface area contributed by atoms with Crippen molar-refractivity contribution in [3.8, 4) is 11.1 Å². The number of benzene rings is 2. The molecule has 0 radical (unpaired) electrons. The van der Waals surface area contributed by atoms with Crippen LogP contribution >= 0.6 is 0 Å². The first-order valence-electron chi connectivity index (χ1n) is 9.77. The van der Waals surface area contributed by atoms with Crippen molar-refractivity contribution < 1.29 is 13.6 Å². The van der Waals surface area contributed by atoms with E-state index in [1.165, 1.54) is 17.3 Å². The lowest BCUT2D eigenvalue weighted by Gasteiger charge is -2.09. The summed E-state index contributed by atoms with van der Waals surface area (Å²) in [5.41, 5.74) is 6.57. The summed E-state index contributed by atoms with van der Waals surface area (Å²) >= 11 is 0. The van der Waals surface area contributed by atoms with Crippen LogP contribution in [0, 0.1) is 6.92 Å². The predicted molar refractivity (Wildman–Crippen MR) is 115 cm³/mol. The second-order valence-corrected chi connectivity index (χ2v) is 7.26. The summed E-state index contributed by atoms with van der Waals surface area (Å²) in [4.78, 5) is 24.8. The quantitative estimate of drug-likeness (QED) is 0.439. The van der Waals surface area contributed by atoms with E-state index in [9.17, 15) is 9.59 Å². The Labute approximate surface area is 176 Å². The molecule has 0 unspecified atom stereocenters. The van der Waals surface area contributed by atoms with Crippen LogP contribution in [0.15, 0.2) is 75.0 Å². The van der Waals surface area contributed by atoms with Gasteiger partial charge in [-0.15, -0.1) is 10.2 Å². The number of carbonyl (C=O) groups excluding carboxylic acids is 1. The van der Waals surface area contributed by atoms with Gasteiger partial charge in [0.25, 0.3) is 0 Å². The largest absolute Gasteiger partial charge is 0.464 e. The van der Waals surface area contributed by atoms with Gasteiger partial charge in [0, 0.05) is 34.4 Å². The third-order valence-corrected chi connectivity index (χ3v) is 5.34. The topological polar surface area (TPSA) is 103 Å². The van der Waals surface area contributed by atoms with Crippen LogP contribution in [0.2, 0.25) is 0 Å². The number of aromatic nitrogens is 3. The van der Waals surface area contributed by atoms with Gasteiger partial charge in [0.1, 0.15) is 23.8 Å². The van der Waals surface area contributed by atoms with Crippen molar-refractivity contribution in [3.63, 3.8) is 0 Å². The molecule has 8 nitrogen and oxygen atoms in total. The molecule has 8 heteroatoms. The molecular formula is C23H18N4O4. The van der Waals surface area contributed by atoms with Gasteiger partial charge in [-0.05, 0) is 30.5 Å². The van der Waals surface area contributed by atoms with Gasteiger partial charge in [-0.2, -0.15) is 0 Å². The van der Waals surface area contributed by atoms with Crippen LogP contribution in [0.4, 0.5) is 0 Å². The molecule has 0 aliphatic rings. The average Bonchev–Trinajstić information content (AvgIpc) is 3.42. The van der Waals surface area contributed by atoms with Crippen LogP contribution in [-0.2, 0) is 11.2 Å². The number of rotatable bonds is 5. The number of amides is 1. The Morgan fingerprint density at radius 3 is 2.61 bits per heavy atom. The number of fused-ring (bicyclic) bond motifs is 2. The zero-order valence-electron chi connectivity index (χ0n) is 16.7. The summed E-state index contributed by atoms with van der Waals surface area (Å²) in [6, 6.07) is 13.7. The Balaban J connectivity index is 1.51. The van der Waals surface area contributed by atoms with Crippen molar-refractivity contribution in [2.75, 3.05) is 5.43 Å².